The highest BCUT2D eigenvalue weighted by molar-refractivity contribution is 6.46. The van der Waals surface area contributed by atoms with Crippen LogP contribution in [-0.2, 0) is 16.0 Å². The first kappa shape index (κ1) is 23.5. The molecule has 3 rings (SSSR count). The summed E-state index contributed by atoms with van der Waals surface area (Å²) in [6.07, 6.45) is 0.895. The van der Waals surface area contributed by atoms with Crippen LogP contribution in [0.4, 0.5) is 0 Å². The number of aliphatic hydroxyl groups excluding tert-OH is 1. The number of carbonyl (C=O) groups is 2. The van der Waals surface area contributed by atoms with E-state index in [0.29, 0.717) is 24.4 Å². The highest BCUT2D eigenvalue weighted by Gasteiger charge is 2.45. The van der Waals surface area contributed by atoms with Gasteiger partial charge in [0.05, 0.1) is 18.7 Å². The van der Waals surface area contributed by atoms with Crippen molar-refractivity contribution < 1.29 is 19.4 Å². The molecule has 1 fully saturated rings. The van der Waals surface area contributed by atoms with Crippen molar-refractivity contribution in [1.29, 1.82) is 0 Å². The molecular formula is C26H32N2O4. The zero-order valence-electron chi connectivity index (χ0n) is 19.3. The predicted octanol–water partition coefficient (Wildman–Crippen LogP) is 4.02. The summed E-state index contributed by atoms with van der Waals surface area (Å²) in [6.45, 7) is 9.00. The first-order valence-electron chi connectivity index (χ1n) is 11.2. The normalized spacial score (nSPS) is 17.9. The lowest BCUT2D eigenvalue weighted by molar-refractivity contribution is -0.140. The monoisotopic (exact) mass is 436 g/mol. The first-order valence-corrected chi connectivity index (χ1v) is 11.2. The van der Waals surface area contributed by atoms with Crippen LogP contribution in [0, 0.1) is 0 Å². The van der Waals surface area contributed by atoms with Crippen molar-refractivity contribution in [3.63, 3.8) is 0 Å². The summed E-state index contributed by atoms with van der Waals surface area (Å²) < 4.78 is 5.26. The van der Waals surface area contributed by atoms with E-state index in [1.807, 2.05) is 24.3 Å². The average Bonchev–Trinajstić information content (AvgIpc) is 3.09. The van der Waals surface area contributed by atoms with Gasteiger partial charge in [-0.25, -0.2) is 0 Å². The number of rotatable bonds is 9. The number of hydrogen-bond acceptors (Lipinski definition) is 5. The molecule has 170 valence electrons. The average molecular weight is 437 g/mol. The number of benzene rings is 2. The van der Waals surface area contributed by atoms with Gasteiger partial charge in [-0.1, -0.05) is 57.2 Å². The number of carbonyl (C=O) groups excluding carboxylic acids is 2. The first-order chi connectivity index (χ1) is 15.4. The Hall–Kier alpha value is -3.12. The molecule has 2 aromatic rings. The molecule has 1 atom stereocenters. The molecule has 0 bridgehead atoms. The minimum Gasteiger partial charge on any atom is -0.507 e. The predicted molar refractivity (Wildman–Crippen MR) is 126 cm³/mol. The summed E-state index contributed by atoms with van der Waals surface area (Å²) in [6, 6.07) is 14.1. The Kier molecular flexibility index (Phi) is 7.70. The van der Waals surface area contributed by atoms with E-state index in [9.17, 15) is 14.7 Å². The van der Waals surface area contributed by atoms with Gasteiger partial charge >= 0.3 is 0 Å². The minimum absolute atomic E-state index is 0.118. The van der Waals surface area contributed by atoms with Gasteiger partial charge < -0.3 is 19.6 Å². The van der Waals surface area contributed by atoms with E-state index >= 15 is 0 Å². The third-order valence-corrected chi connectivity index (χ3v) is 6.14. The van der Waals surface area contributed by atoms with Crippen LogP contribution in [0.3, 0.4) is 0 Å². The fraction of sp³-hybridized carbons (Fsp3) is 0.385. The zero-order valence-corrected chi connectivity index (χ0v) is 19.3. The SMILES string of the molecule is CCc1ccc(C2/C(=C(\O)c3cccc(OC)c3)C(=O)C(=O)N2CCN(CC)CC)cc1. The molecule has 0 aliphatic carbocycles. The molecule has 0 spiro atoms. The van der Waals surface area contributed by atoms with Crippen LogP contribution in [-0.4, -0.2) is 59.9 Å². The second-order valence-corrected chi connectivity index (χ2v) is 7.85. The van der Waals surface area contributed by atoms with E-state index < -0.39 is 17.7 Å². The molecule has 0 aromatic heterocycles. The van der Waals surface area contributed by atoms with Crippen LogP contribution < -0.4 is 4.74 Å². The third-order valence-electron chi connectivity index (χ3n) is 6.14. The van der Waals surface area contributed by atoms with Gasteiger partial charge in [-0.2, -0.15) is 0 Å². The van der Waals surface area contributed by atoms with Crippen LogP contribution in [0.25, 0.3) is 5.76 Å². The van der Waals surface area contributed by atoms with Gasteiger partial charge in [0.15, 0.2) is 0 Å². The Morgan fingerprint density at radius 2 is 1.75 bits per heavy atom. The lowest BCUT2D eigenvalue weighted by Gasteiger charge is -2.28. The molecule has 1 aliphatic rings. The second-order valence-electron chi connectivity index (χ2n) is 7.85. The summed E-state index contributed by atoms with van der Waals surface area (Å²) in [7, 11) is 1.54. The number of amides is 1. The molecule has 6 heteroatoms. The summed E-state index contributed by atoms with van der Waals surface area (Å²) in [5.74, 6) is -0.855. The van der Waals surface area contributed by atoms with Crippen LogP contribution in [0.15, 0.2) is 54.1 Å². The quantitative estimate of drug-likeness (QED) is 0.365. The standard InChI is InChI=1S/C26H32N2O4/c1-5-18-11-13-19(14-12-18)23-22(24(29)20-9-8-10-21(17-20)32-4)25(30)26(31)28(23)16-15-27(6-2)7-3/h8-14,17,23,29H,5-7,15-16H2,1-4H3/b24-22+. The zero-order chi connectivity index (χ0) is 23.3. The molecule has 1 saturated heterocycles. The van der Waals surface area contributed by atoms with Gasteiger partial charge in [0.2, 0.25) is 0 Å². The van der Waals surface area contributed by atoms with E-state index in [-0.39, 0.29) is 11.3 Å². The number of nitrogens with zero attached hydrogens (tertiary/aromatic N) is 2. The molecular weight excluding hydrogens is 404 g/mol. The maximum atomic E-state index is 13.1. The largest absolute Gasteiger partial charge is 0.507 e. The number of ketones is 1. The van der Waals surface area contributed by atoms with Crippen LogP contribution in [0.2, 0.25) is 0 Å². The van der Waals surface area contributed by atoms with Gasteiger partial charge in [0.1, 0.15) is 11.5 Å². The molecule has 2 aromatic carbocycles. The number of ether oxygens (including phenoxy) is 1. The summed E-state index contributed by atoms with van der Waals surface area (Å²) >= 11 is 0. The van der Waals surface area contributed by atoms with Gasteiger partial charge in [0.25, 0.3) is 11.7 Å². The van der Waals surface area contributed by atoms with E-state index in [1.165, 1.54) is 5.56 Å². The van der Waals surface area contributed by atoms with Crippen molar-refractivity contribution in [3.8, 4) is 5.75 Å². The topological polar surface area (TPSA) is 70.1 Å². The number of aryl methyl sites for hydroxylation is 1. The number of likely N-dealkylation sites (N-methyl/N-ethyl adjacent to an activating group) is 1. The van der Waals surface area contributed by atoms with Crippen molar-refractivity contribution in [1.82, 2.24) is 9.80 Å². The van der Waals surface area contributed by atoms with Gasteiger partial charge in [-0.3, -0.25) is 9.59 Å². The van der Waals surface area contributed by atoms with Crippen molar-refractivity contribution >= 4 is 17.4 Å². The molecule has 6 nitrogen and oxygen atoms in total. The minimum atomic E-state index is -0.658. The van der Waals surface area contributed by atoms with E-state index in [4.69, 9.17) is 4.74 Å². The van der Waals surface area contributed by atoms with Crippen molar-refractivity contribution in [2.24, 2.45) is 0 Å². The second kappa shape index (κ2) is 10.5. The number of Topliss-reactive ketones (excluding diaryl/α,β-unsaturated/α-hetero) is 1. The maximum absolute atomic E-state index is 13.1. The van der Waals surface area contributed by atoms with Crippen LogP contribution in [0.5, 0.6) is 5.75 Å². The lowest BCUT2D eigenvalue weighted by Crippen LogP contribution is -2.38. The van der Waals surface area contributed by atoms with Crippen molar-refractivity contribution in [3.05, 3.63) is 70.8 Å². The van der Waals surface area contributed by atoms with E-state index in [1.54, 1.807) is 36.3 Å². The van der Waals surface area contributed by atoms with E-state index in [2.05, 4.69) is 25.7 Å². The van der Waals surface area contributed by atoms with Crippen LogP contribution in [0.1, 0.15) is 43.5 Å². The number of aliphatic hydroxyl groups is 1. The maximum Gasteiger partial charge on any atom is 0.295 e. The highest BCUT2D eigenvalue weighted by atomic mass is 16.5. The van der Waals surface area contributed by atoms with Crippen molar-refractivity contribution in [2.75, 3.05) is 33.3 Å². The molecule has 0 radical (unpaired) electrons. The Morgan fingerprint density at radius 1 is 1.06 bits per heavy atom. The number of methoxy groups -OCH3 is 1. The number of hydrogen-bond donors (Lipinski definition) is 1. The Labute approximate surface area is 190 Å². The molecule has 1 heterocycles. The molecule has 32 heavy (non-hydrogen) atoms. The van der Waals surface area contributed by atoms with Gasteiger partial charge in [-0.05, 0) is 42.8 Å². The fourth-order valence-corrected chi connectivity index (χ4v) is 4.11. The van der Waals surface area contributed by atoms with E-state index in [0.717, 1.165) is 25.1 Å². The Morgan fingerprint density at radius 3 is 2.34 bits per heavy atom. The smallest absolute Gasteiger partial charge is 0.295 e. The summed E-state index contributed by atoms with van der Waals surface area (Å²) in [5.41, 5.74) is 2.54. The lowest BCUT2D eigenvalue weighted by atomic mass is 9.94. The molecule has 0 saturated carbocycles. The van der Waals surface area contributed by atoms with Crippen molar-refractivity contribution in [2.45, 2.75) is 33.2 Å². The van der Waals surface area contributed by atoms with Gasteiger partial charge in [-0.15, -0.1) is 0 Å². The molecule has 1 unspecified atom stereocenters. The van der Waals surface area contributed by atoms with Crippen LogP contribution >= 0.6 is 0 Å². The van der Waals surface area contributed by atoms with Gasteiger partial charge in [0, 0.05) is 18.7 Å². The Balaban J connectivity index is 2.10. The molecule has 1 aliphatic heterocycles. The molecule has 1 N–H and O–H groups in total. The number of likely N-dealkylation sites (tertiary alicyclic amines) is 1. The fourth-order valence-electron chi connectivity index (χ4n) is 4.11. The summed E-state index contributed by atoms with van der Waals surface area (Å²) in [4.78, 5) is 30.0. The third kappa shape index (κ3) is 4.70. The highest BCUT2D eigenvalue weighted by Crippen LogP contribution is 2.39. The summed E-state index contributed by atoms with van der Waals surface area (Å²) in [5, 5.41) is 11.2. The Bertz CT molecular complexity index is 993. The molecule has 1 amide bonds.